The van der Waals surface area contributed by atoms with Crippen LogP contribution in [-0.4, -0.2) is 35.0 Å². The third-order valence-electron chi connectivity index (χ3n) is 6.69. The fraction of sp³-hybridized carbons (Fsp3) is 0.154. The van der Waals surface area contributed by atoms with Gasteiger partial charge in [0.1, 0.15) is 11.9 Å². The lowest BCUT2D eigenvalue weighted by molar-refractivity contribution is -0.129. The van der Waals surface area contributed by atoms with Crippen molar-refractivity contribution in [1.82, 2.24) is 5.01 Å². The average molecular weight is 454 g/mol. The van der Waals surface area contributed by atoms with Gasteiger partial charge in [-0.3, -0.25) is 19.4 Å². The van der Waals surface area contributed by atoms with Crippen LogP contribution < -0.4 is 10.2 Å². The number of hydrogen-bond donors (Lipinski definition) is 1. The zero-order chi connectivity index (χ0) is 23.4. The van der Waals surface area contributed by atoms with Crippen molar-refractivity contribution in [3.8, 4) is 0 Å². The van der Waals surface area contributed by atoms with Gasteiger partial charge in [-0.15, -0.1) is 0 Å². The van der Waals surface area contributed by atoms with Gasteiger partial charge in [0.25, 0.3) is 0 Å². The minimum Gasteiger partial charge on any atom is -0.324 e. The highest BCUT2D eigenvalue weighted by Crippen LogP contribution is 2.52. The number of anilines is 2. The lowest BCUT2D eigenvalue weighted by Crippen LogP contribution is -2.46. The van der Waals surface area contributed by atoms with Crippen LogP contribution in [0.25, 0.3) is 0 Å². The summed E-state index contributed by atoms with van der Waals surface area (Å²) in [6, 6.07) is 20.1. The number of carbonyl (C=O) groups is 3. The minimum atomic E-state index is -0.985. The van der Waals surface area contributed by atoms with Crippen LogP contribution in [0.4, 0.5) is 15.8 Å². The summed E-state index contributed by atoms with van der Waals surface area (Å²) >= 11 is 0. The summed E-state index contributed by atoms with van der Waals surface area (Å²) in [6.07, 6.45) is 1.66. The summed E-state index contributed by atoms with van der Waals surface area (Å²) in [5.74, 6) is -3.53. The number of amides is 3. The SMILES string of the molecule is O=C(Nc1ccccc1)[C@@H]1[C@@H]2C(=O)N(c3ccc(F)cc3)C(=O)[C@@H]2[C@H]2c3ccccc3C=NN12. The number of rotatable bonds is 3. The van der Waals surface area contributed by atoms with Crippen molar-refractivity contribution < 1.29 is 18.8 Å². The van der Waals surface area contributed by atoms with E-state index in [4.69, 9.17) is 0 Å². The molecule has 0 unspecified atom stereocenters. The van der Waals surface area contributed by atoms with Crippen molar-refractivity contribution in [1.29, 1.82) is 0 Å². The van der Waals surface area contributed by atoms with Crippen LogP contribution in [0.2, 0.25) is 0 Å². The van der Waals surface area contributed by atoms with Gasteiger partial charge in [-0.05, 0) is 47.5 Å². The van der Waals surface area contributed by atoms with Crippen LogP contribution in [-0.2, 0) is 14.4 Å². The molecular weight excluding hydrogens is 435 g/mol. The fourth-order valence-corrected chi connectivity index (χ4v) is 5.25. The van der Waals surface area contributed by atoms with E-state index in [9.17, 15) is 18.8 Å². The van der Waals surface area contributed by atoms with Gasteiger partial charge in [0, 0.05) is 5.69 Å². The predicted molar refractivity (Wildman–Crippen MR) is 123 cm³/mol. The molecule has 0 saturated carbocycles. The van der Waals surface area contributed by atoms with E-state index in [1.54, 1.807) is 35.5 Å². The molecule has 0 spiro atoms. The number of imide groups is 1. The van der Waals surface area contributed by atoms with Gasteiger partial charge in [0.2, 0.25) is 17.7 Å². The number of fused-ring (bicyclic) bond motifs is 5. The van der Waals surface area contributed by atoms with Crippen LogP contribution in [0.15, 0.2) is 84.0 Å². The van der Waals surface area contributed by atoms with Crippen LogP contribution in [0.3, 0.4) is 0 Å². The molecule has 2 fully saturated rings. The molecule has 34 heavy (non-hydrogen) atoms. The molecule has 4 atom stereocenters. The molecule has 8 heteroatoms. The Morgan fingerprint density at radius 3 is 2.29 bits per heavy atom. The Labute approximate surface area is 194 Å². The number of hydrazone groups is 1. The van der Waals surface area contributed by atoms with Gasteiger partial charge in [-0.1, -0.05) is 42.5 Å². The van der Waals surface area contributed by atoms with E-state index in [0.717, 1.165) is 16.0 Å². The molecule has 3 aliphatic rings. The van der Waals surface area contributed by atoms with Gasteiger partial charge in [0.05, 0.1) is 29.8 Å². The Bertz CT molecular complexity index is 1340. The topological polar surface area (TPSA) is 82.1 Å². The van der Waals surface area contributed by atoms with Crippen molar-refractivity contribution >= 4 is 35.3 Å². The number of nitrogens with zero attached hydrogens (tertiary/aromatic N) is 3. The summed E-state index contributed by atoms with van der Waals surface area (Å²) in [4.78, 5) is 41.9. The maximum atomic E-state index is 13.7. The maximum absolute atomic E-state index is 13.7. The maximum Gasteiger partial charge on any atom is 0.249 e. The molecule has 3 amide bonds. The summed E-state index contributed by atoms with van der Waals surface area (Å²) < 4.78 is 13.5. The highest BCUT2D eigenvalue weighted by Gasteiger charge is 2.65. The lowest BCUT2D eigenvalue weighted by atomic mass is 9.85. The van der Waals surface area contributed by atoms with Crippen LogP contribution in [0.1, 0.15) is 17.2 Å². The van der Waals surface area contributed by atoms with E-state index >= 15 is 0 Å². The van der Waals surface area contributed by atoms with Crippen molar-refractivity contribution in [3.05, 3.63) is 95.8 Å². The van der Waals surface area contributed by atoms with Crippen molar-refractivity contribution in [2.45, 2.75) is 12.1 Å². The monoisotopic (exact) mass is 454 g/mol. The van der Waals surface area contributed by atoms with E-state index < -0.39 is 47.5 Å². The van der Waals surface area contributed by atoms with Gasteiger partial charge < -0.3 is 5.32 Å². The quantitative estimate of drug-likeness (QED) is 0.616. The summed E-state index contributed by atoms with van der Waals surface area (Å²) in [7, 11) is 0. The Morgan fingerprint density at radius 2 is 1.53 bits per heavy atom. The Balaban J connectivity index is 1.45. The van der Waals surface area contributed by atoms with E-state index in [2.05, 4.69) is 10.4 Å². The number of carbonyl (C=O) groups excluding carboxylic acids is 3. The molecule has 7 nitrogen and oxygen atoms in total. The average Bonchev–Trinajstić information content (AvgIpc) is 3.33. The summed E-state index contributed by atoms with van der Waals surface area (Å²) in [5.41, 5.74) is 2.55. The molecule has 2 saturated heterocycles. The van der Waals surface area contributed by atoms with Crippen LogP contribution in [0, 0.1) is 17.7 Å². The number of para-hydroxylation sites is 1. The second-order valence-electron chi connectivity index (χ2n) is 8.54. The van der Waals surface area contributed by atoms with Gasteiger partial charge in [0.15, 0.2) is 0 Å². The van der Waals surface area contributed by atoms with E-state index in [1.165, 1.54) is 24.3 Å². The fourth-order valence-electron chi connectivity index (χ4n) is 5.25. The first kappa shape index (κ1) is 20.3. The first-order valence-corrected chi connectivity index (χ1v) is 10.9. The molecule has 3 heterocycles. The van der Waals surface area contributed by atoms with Crippen molar-refractivity contribution in [2.75, 3.05) is 10.2 Å². The predicted octanol–water partition coefficient (Wildman–Crippen LogP) is 3.34. The van der Waals surface area contributed by atoms with Gasteiger partial charge in [-0.2, -0.15) is 5.10 Å². The first-order chi connectivity index (χ1) is 16.5. The Kier molecular flexibility index (Phi) is 4.55. The highest BCUT2D eigenvalue weighted by molar-refractivity contribution is 6.24. The first-order valence-electron chi connectivity index (χ1n) is 10.9. The number of benzene rings is 3. The summed E-state index contributed by atoms with van der Waals surface area (Å²) in [5, 5.41) is 8.97. The van der Waals surface area contributed by atoms with Gasteiger partial charge in [-0.25, -0.2) is 9.29 Å². The molecule has 0 bridgehead atoms. The summed E-state index contributed by atoms with van der Waals surface area (Å²) in [6.45, 7) is 0. The molecule has 6 rings (SSSR count). The lowest BCUT2D eigenvalue weighted by Gasteiger charge is -2.33. The molecule has 0 radical (unpaired) electrons. The molecule has 1 N–H and O–H groups in total. The van der Waals surface area contributed by atoms with E-state index in [1.807, 2.05) is 30.3 Å². The van der Waals surface area contributed by atoms with E-state index in [-0.39, 0.29) is 5.69 Å². The molecule has 3 aromatic carbocycles. The minimum absolute atomic E-state index is 0.284. The third kappa shape index (κ3) is 2.95. The zero-order valence-corrected chi connectivity index (χ0v) is 17.8. The van der Waals surface area contributed by atoms with Crippen LogP contribution >= 0.6 is 0 Å². The Hall–Kier alpha value is -4.33. The smallest absolute Gasteiger partial charge is 0.249 e. The van der Waals surface area contributed by atoms with E-state index in [0.29, 0.717) is 5.69 Å². The van der Waals surface area contributed by atoms with Crippen molar-refractivity contribution in [3.63, 3.8) is 0 Å². The molecular formula is C26H19FN4O3. The molecule has 3 aliphatic heterocycles. The second-order valence-corrected chi connectivity index (χ2v) is 8.54. The number of nitrogens with one attached hydrogen (secondary N) is 1. The molecule has 3 aromatic rings. The second kappa shape index (κ2) is 7.62. The highest BCUT2D eigenvalue weighted by atomic mass is 19.1. The zero-order valence-electron chi connectivity index (χ0n) is 17.8. The van der Waals surface area contributed by atoms with Gasteiger partial charge >= 0.3 is 0 Å². The Morgan fingerprint density at radius 1 is 0.853 bits per heavy atom. The molecule has 0 aromatic heterocycles. The molecule has 0 aliphatic carbocycles. The van der Waals surface area contributed by atoms with Crippen molar-refractivity contribution in [2.24, 2.45) is 16.9 Å². The number of hydrogen-bond acceptors (Lipinski definition) is 5. The normalized spacial score (nSPS) is 24.6. The number of halogens is 1. The van der Waals surface area contributed by atoms with Crippen LogP contribution in [0.5, 0.6) is 0 Å². The third-order valence-corrected chi connectivity index (χ3v) is 6.69. The largest absolute Gasteiger partial charge is 0.324 e. The molecule has 168 valence electrons. The standard InChI is InChI=1S/C26H19FN4O3/c27-16-10-12-18(13-11-16)30-25(33)20-21(26(30)34)23(24(32)29-17-7-2-1-3-8-17)31-22(20)19-9-5-4-6-15(19)14-28-31/h1-14,20-23H,(H,29,32)/t20-,21+,22+,23-/m0/s1.